The molecule has 0 radical (unpaired) electrons. The van der Waals surface area contributed by atoms with E-state index in [4.69, 9.17) is 5.73 Å². The highest BCUT2D eigenvalue weighted by Crippen LogP contribution is 2.33. The van der Waals surface area contributed by atoms with Crippen LogP contribution in [-0.2, 0) is 6.42 Å². The lowest BCUT2D eigenvalue weighted by Gasteiger charge is -2.02. The van der Waals surface area contributed by atoms with Crippen LogP contribution in [0.1, 0.15) is 17.0 Å². The highest BCUT2D eigenvalue weighted by atomic mass is 79.9. The summed E-state index contributed by atoms with van der Waals surface area (Å²) in [7, 11) is 0. The number of nitrogens with two attached hydrogens (primary N) is 1. The molecule has 16 heavy (non-hydrogen) atoms. The van der Waals surface area contributed by atoms with Gasteiger partial charge in [0.1, 0.15) is 0 Å². The van der Waals surface area contributed by atoms with E-state index in [9.17, 15) is 0 Å². The minimum Gasteiger partial charge on any atom is -0.375 e. The predicted octanol–water partition coefficient (Wildman–Crippen LogP) is 2.87. The van der Waals surface area contributed by atoms with Gasteiger partial charge in [-0.2, -0.15) is 0 Å². The van der Waals surface area contributed by atoms with Gasteiger partial charge in [0.2, 0.25) is 0 Å². The van der Waals surface area contributed by atoms with E-state index in [2.05, 4.69) is 38.0 Å². The van der Waals surface area contributed by atoms with Crippen molar-refractivity contribution < 1.29 is 0 Å². The molecule has 0 unspecified atom stereocenters. The van der Waals surface area contributed by atoms with E-state index in [1.807, 2.05) is 11.6 Å². The summed E-state index contributed by atoms with van der Waals surface area (Å²) in [5, 5.41) is 2.59. The van der Waals surface area contributed by atoms with Crippen molar-refractivity contribution in [3.63, 3.8) is 0 Å². The number of anilines is 1. The van der Waals surface area contributed by atoms with Gasteiger partial charge in [0, 0.05) is 33.6 Å². The number of rotatable bonds is 1. The molecule has 2 aromatic heterocycles. The number of nitrogen functional groups attached to an aromatic ring is 1. The van der Waals surface area contributed by atoms with Crippen molar-refractivity contribution in [1.29, 1.82) is 0 Å². The molecule has 2 aromatic rings. The molecule has 2 N–H and O–H groups in total. The van der Waals surface area contributed by atoms with Crippen LogP contribution in [0.15, 0.2) is 28.2 Å². The number of hydrogen-bond acceptors (Lipinski definition) is 4. The van der Waals surface area contributed by atoms with Gasteiger partial charge >= 0.3 is 0 Å². The second-order valence-electron chi connectivity index (χ2n) is 3.54. The molecule has 0 atom stereocenters. The Morgan fingerprint density at radius 2 is 2.31 bits per heavy atom. The lowest BCUT2D eigenvalue weighted by atomic mass is 10.1. The number of hydrogen-bond donors (Lipinski definition) is 1. The summed E-state index contributed by atoms with van der Waals surface area (Å²) < 4.78 is 0.988. The third kappa shape index (κ3) is 1.56. The number of thiazole rings is 1. The van der Waals surface area contributed by atoms with Crippen LogP contribution in [-0.4, -0.2) is 9.97 Å². The molecule has 1 aliphatic carbocycles. The highest BCUT2D eigenvalue weighted by Gasteiger charge is 2.18. The smallest absolute Gasteiger partial charge is 0.180 e. The zero-order chi connectivity index (χ0) is 11.1. The Hall–Kier alpha value is -1.20. The average molecular weight is 294 g/mol. The molecule has 5 heteroatoms. The molecule has 0 spiro atoms. The van der Waals surface area contributed by atoms with Gasteiger partial charge < -0.3 is 5.73 Å². The van der Waals surface area contributed by atoms with Crippen molar-refractivity contribution in [3.8, 4) is 0 Å². The van der Waals surface area contributed by atoms with Crippen LogP contribution in [0.25, 0.3) is 5.57 Å². The second kappa shape index (κ2) is 3.68. The third-order valence-corrected chi connectivity index (χ3v) is 3.63. The molecule has 3 rings (SSSR count). The maximum absolute atomic E-state index is 5.65. The SMILES string of the molecule is Nc1nc(C2=CCc3ncc(Br)cc32)cs1. The molecule has 0 bridgehead atoms. The molecule has 0 saturated heterocycles. The Morgan fingerprint density at radius 1 is 1.44 bits per heavy atom. The van der Waals surface area contributed by atoms with Crippen LogP contribution in [0.2, 0.25) is 0 Å². The van der Waals surface area contributed by atoms with E-state index >= 15 is 0 Å². The minimum atomic E-state index is 0.604. The molecule has 0 aromatic carbocycles. The molecule has 3 nitrogen and oxygen atoms in total. The molecule has 1 aliphatic rings. The van der Waals surface area contributed by atoms with Gasteiger partial charge in [-0.1, -0.05) is 6.08 Å². The van der Waals surface area contributed by atoms with E-state index in [1.54, 1.807) is 0 Å². The first-order valence-corrected chi connectivity index (χ1v) is 6.47. The van der Waals surface area contributed by atoms with Gasteiger partial charge in [-0.25, -0.2) is 4.98 Å². The average Bonchev–Trinajstić information content (AvgIpc) is 2.83. The Morgan fingerprint density at radius 3 is 3.06 bits per heavy atom. The van der Waals surface area contributed by atoms with Crippen molar-refractivity contribution in [2.45, 2.75) is 6.42 Å². The van der Waals surface area contributed by atoms with Crippen LogP contribution >= 0.6 is 27.3 Å². The van der Waals surface area contributed by atoms with Crippen molar-refractivity contribution in [2.75, 3.05) is 5.73 Å². The zero-order valence-electron chi connectivity index (χ0n) is 8.27. The Balaban J connectivity index is 2.11. The molecule has 2 heterocycles. The van der Waals surface area contributed by atoms with Gasteiger partial charge in [0.25, 0.3) is 0 Å². The first-order chi connectivity index (χ1) is 7.74. The van der Waals surface area contributed by atoms with Crippen molar-refractivity contribution >= 4 is 38.0 Å². The topological polar surface area (TPSA) is 51.8 Å². The number of pyridine rings is 1. The summed E-state index contributed by atoms with van der Waals surface area (Å²) in [6.07, 6.45) is 4.85. The maximum atomic E-state index is 5.65. The van der Waals surface area contributed by atoms with Crippen LogP contribution < -0.4 is 5.73 Å². The van der Waals surface area contributed by atoms with Crippen molar-refractivity contribution in [3.05, 3.63) is 45.1 Å². The Bertz CT molecular complexity index is 589. The number of nitrogens with zero attached hydrogens (tertiary/aromatic N) is 2. The fourth-order valence-electron chi connectivity index (χ4n) is 1.83. The fourth-order valence-corrected chi connectivity index (χ4v) is 2.72. The molecule has 0 amide bonds. The van der Waals surface area contributed by atoms with Gasteiger partial charge in [-0.15, -0.1) is 11.3 Å². The molecule has 0 saturated carbocycles. The summed E-state index contributed by atoms with van der Waals surface area (Å²) >= 11 is 4.90. The van der Waals surface area contributed by atoms with Crippen LogP contribution in [0.4, 0.5) is 5.13 Å². The summed E-state index contributed by atoms with van der Waals surface area (Å²) in [5.41, 5.74) is 9.99. The van der Waals surface area contributed by atoms with E-state index in [-0.39, 0.29) is 0 Å². The number of halogens is 1. The van der Waals surface area contributed by atoms with E-state index in [0.717, 1.165) is 33.4 Å². The Kier molecular flexibility index (Phi) is 2.29. The number of fused-ring (bicyclic) bond motifs is 1. The second-order valence-corrected chi connectivity index (χ2v) is 5.35. The van der Waals surface area contributed by atoms with Gasteiger partial charge in [0.05, 0.1) is 11.4 Å². The van der Waals surface area contributed by atoms with Gasteiger partial charge in [-0.3, -0.25) is 4.98 Å². The van der Waals surface area contributed by atoms with E-state index in [0.29, 0.717) is 5.13 Å². The van der Waals surface area contributed by atoms with Crippen LogP contribution in [0, 0.1) is 0 Å². The number of aromatic nitrogens is 2. The Labute approximate surface area is 105 Å². The van der Waals surface area contributed by atoms with Gasteiger partial charge in [-0.05, 0) is 22.0 Å². The van der Waals surface area contributed by atoms with Crippen LogP contribution in [0.3, 0.4) is 0 Å². The normalized spacial score (nSPS) is 13.7. The zero-order valence-corrected chi connectivity index (χ0v) is 10.7. The fraction of sp³-hybridized carbons (Fsp3) is 0.0909. The summed E-state index contributed by atoms with van der Waals surface area (Å²) in [6.45, 7) is 0. The summed E-state index contributed by atoms with van der Waals surface area (Å²) in [6, 6.07) is 2.08. The third-order valence-electron chi connectivity index (χ3n) is 2.52. The first-order valence-electron chi connectivity index (χ1n) is 4.80. The lowest BCUT2D eigenvalue weighted by Crippen LogP contribution is -1.91. The number of allylic oxidation sites excluding steroid dienone is 1. The largest absolute Gasteiger partial charge is 0.375 e. The van der Waals surface area contributed by atoms with Crippen molar-refractivity contribution in [1.82, 2.24) is 9.97 Å². The van der Waals surface area contributed by atoms with Gasteiger partial charge in [0.15, 0.2) is 5.13 Å². The quantitative estimate of drug-likeness (QED) is 0.880. The summed E-state index contributed by atoms with van der Waals surface area (Å²) in [4.78, 5) is 8.69. The monoisotopic (exact) mass is 293 g/mol. The standard InChI is InChI=1S/C11H8BrN3S/c12-6-3-8-7(1-2-9(8)14-4-6)10-5-16-11(13)15-10/h1,3-5H,2H2,(H2,13,15). The predicted molar refractivity (Wildman–Crippen MR) is 69.2 cm³/mol. The van der Waals surface area contributed by atoms with E-state index < -0.39 is 0 Å². The summed E-state index contributed by atoms with van der Waals surface area (Å²) in [5.74, 6) is 0. The first kappa shape index (κ1) is 9.99. The van der Waals surface area contributed by atoms with E-state index in [1.165, 1.54) is 11.3 Å². The molecule has 0 aliphatic heterocycles. The van der Waals surface area contributed by atoms with Crippen molar-refractivity contribution in [2.24, 2.45) is 0 Å². The minimum absolute atomic E-state index is 0.604. The maximum Gasteiger partial charge on any atom is 0.180 e. The molecular weight excluding hydrogens is 286 g/mol. The molecule has 80 valence electrons. The highest BCUT2D eigenvalue weighted by molar-refractivity contribution is 9.10. The molecule has 0 fully saturated rings. The lowest BCUT2D eigenvalue weighted by molar-refractivity contribution is 1.12. The molecular formula is C11H8BrN3S. The van der Waals surface area contributed by atoms with Crippen LogP contribution in [0.5, 0.6) is 0 Å².